The molecule has 0 spiro atoms. The summed E-state index contributed by atoms with van der Waals surface area (Å²) in [5.41, 5.74) is 8.52. The minimum Gasteiger partial charge on any atom is -0.389 e. The van der Waals surface area contributed by atoms with Crippen molar-refractivity contribution in [2.24, 2.45) is 5.73 Å². The van der Waals surface area contributed by atoms with Crippen molar-refractivity contribution < 1.29 is 0 Å². The number of thiocarbonyl (C=S) groups is 1. The zero-order valence-electron chi connectivity index (χ0n) is 7.94. The molecule has 0 atom stereocenters. The van der Waals surface area contributed by atoms with Gasteiger partial charge >= 0.3 is 0 Å². The fraction of sp³-hybridized carbons (Fsp3) is 0. The van der Waals surface area contributed by atoms with Gasteiger partial charge in [0.25, 0.3) is 0 Å². The van der Waals surface area contributed by atoms with E-state index in [0.29, 0.717) is 4.99 Å². The lowest BCUT2D eigenvalue weighted by Gasteiger charge is -2.09. The second-order valence-electron chi connectivity index (χ2n) is 3.05. The Morgan fingerprint density at radius 1 is 1.27 bits per heavy atom. The first-order valence-corrected chi connectivity index (χ1v) is 5.80. The van der Waals surface area contributed by atoms with Crippen LogP contribution in [0.15, 0.2) is 41.1 Å². The predicted octanol–water partition coefficient (Wildman–Crippen LogP) is 3.13. The third kappa shape index (κ3) is 2.34. The fourth-order valence-electron chi connectivity index (χ4n) is 1.30. The van der Waals surface area contributed by atoms with Gasteiger partial charge in [0.15, 0.2) is 0 Å². The van der Waals surface area contributed by atoms with Crippen LogP contribution in [0.2, 0.25) is 0 Å². The average Bonchev–Trinajstić information content (AvgIpc) is 2.71. The maximum atomic E-state index is 5.64. The molecule has 0 amide bonds. The number of thiophene rings is 1. The van der Waals surface area contributed by atoms with Crippen molar-refractivity contribution in [3.8, 4) is 0 Å². The first-order valence-electron chi connectivity index (χ1n) is 4.45. The highest BCUT2D eigenvalue weighted by Gasteiger charge is 2.03. The first-order chi connectivity index (χ1) is 7.27. The third-order valence-electron chi connectivity index (χ3n) is 1.99. The molecule has 1 aromatic heterocycles. The molecule has 2 rings (SSSR count). The number of anilines is 2. The number of rotatable bonds is 3. The molecule has 0 radical (unpaired) electrons. The van der Waals surface area contributed by atoms with Gasteiger partial charge in [0.05, 0.1) is 0 Å². The van der Waals surface area contributed by atoms with Crippen molar-refractivity contribution in [2.75, 3.05) is 5.32 Å². The minimum atomic E-state index is 0.410. The van der Waals surface area contributed by atoms with Gasteiger partial charge in [0.2, 0.25) is 0 Å². The highest BCUT2D eigenvalue weighted by atomic mass is 32.1. The van der Waals surface area contributed by atoms with E-state index >= 15 is 0 Å². The lowest BCUT2D eigenvalue weighted by Crippen LogP contribution is -2.11. The SMILES string of the molecule is NC(=S)c1ccccc1Nc1ccsc1. The van der Waals surface area contributed by atoms with Crippen LogP contribution in [-0.4, -0.2) is 4.99 Å². The molecule has 2 nitrogen and oxygen atoms in total. The molecule has 0 aliphatic heterocycles. The smallest absolute Gasteiger partial charge is 0.106 e. The van der Waals surface area contributed by atoms with Gasteiger partial charge in [0, 0.05) is 22.3 Å². The molecule has 2 aromatic rings. The number of hydrogen-bond acceptors (Lipinski definition) is 3. The Labute approximate surface area is 97.7 Å². The van der Waals surface area contributed by atoms with Gasteiger partial charge in [-0.15, -0.1) is 0 Å². The number of benzene rings is 1. The molecule has 1 aromatic carbocycles. The molecular formula is C11H10N2S2. The summed E-state index contributed by atoms with van der Waals surface area (Å²) in [5.74, 6) is 0. The fourth-order valence-corrected chi connectivity index (χ4v) is 2.06. The Bertz CT molecular complexity index is 463. The number of para-hydroxylation sites is 1. The first kappa shape index (κ1) is 10.1. The van der Waals surface area contributed by atoms with E-state index in [0.717, 1.165) is 16.9 Å². The van der Waals surface area contributed by atoms with Crippen LogP contribution in [0.5, 0.6) is 0 Å². The largest absolute Gasteiger partial charge is 0.389 e. The molecule has 4 heteroatoms. The van der Waals surface area contributed by atoms with Crippen LogP contribution in [0.4, 0.5) is 11.4 Å². The van der Waals surface area contributed by atoms with Crippen LogP contribution in [0.3, 0.4) is 0 Å². The summed E-state index contributed by atoms with van der Waals surface area (Å²) in [6.45, 7) is 0. The zero-order valence-corrected chi connectivity index (χ0v) is 9.57. The molecule has 0 fully saturated rings. The van der Waals surface area contributed by atoms with Gasteiger partial charge in [-0.05, 0) is 23.6 Å². The van der Waals surface area contributed by atoms with E-state index in [1.165, 1.54) is 0 Å². The van der Waals surface area contributed by atoms with Crippen molar-refractivity contribution >= 4 is 39.9 Å². The van der Waals surface area contributed by atoms with E-state index in [2.05, 4.69) is 5.32 Å². The Balaban J connectivity index is 2.32. The molecule has 0 saturated carbocycles. The van der Waals surface area contributed by atoms with Crippen LogP contribution in [0.25, 0.3) is 0 Å². The zero-order chi connectivity index (χ0) is 10.7. The molecule has 1 heterocycles. The molecule has 76 valence electrons. The summed E-state index contributed by atoms with van der Waals surface area (Å²) < 4.78 is 0. The summed E-state index contributed by atoms with van der Waals surface area (Å²) in [6.07, 6.45) is 0. The number of hydrogen-bond donors (Lipinski definition) is 2. The maximum Gasteiger partial charge on any atom is 0.106 e. The van der Waals surface area contributed by atoms with Crippen molar-refractivity contribution in [1.29, 1.82) is 0 Å². The predicted molar refractivity (Wildman–Crippen MR) is 69.9 cm³/mol. The van der Waals surface area contributed by atoms with E-state index in [4.69, 9.17) is 18.0 Å². The lowest BCUT2D eigenvalue weighted by molar-refractivity contribution is 1.55. The third-order valence-corrected chi connectivity index (χ3v) is 2.90. The van der Waals surface area contributed by atoms with Crippen molar-refractivity contribution in [2.45, 2.75) is 0 Å². The monoisotopic (exact) mass is 234 g/mol. The van der Waals surface area contributed by atoms with E-state index in [1.54, 1.807) is 11.3 Å². The van der Waals surface area contributed by atoms with Crippen molar-refractivity contribution in [1.82, 2.24) is 0 Å². The van der Waals surface area contributed by atoms with Crippen LogP contribution >= 0.6 is 23.6 Å². The molecular weight excluding hydrogens is 224 g/mol. The molecule has 0 bridgehead atoms. The van der Waals surface area contributed by atoms with Gasteiger partial charge in [0.1, 0.15) is 4.99 Å². The van der Waals surface area contributed by atoms with E-state index in [9.17, 15) is 0 Å². The van der Waals surface area contributed by atoms with Crippen LogP contribution in [-0.2, 0) is 0 Å². The quantitative estimate of drug-likeness (QED) is 0.801. The molecule has 0 saturated heterocycles. The molecule has 15 heavy (non-hydrogen) atoms. The highest BCUT2D eigenvalue weighted by molar-refractivity contribution is 7.80. The average molecular weight is 234 g/mol. The summed E-state index contributed by atoms with van der Waals surface area (Å²) in [5, 5.41) is 7.33. The van der Waals surface area contributed by atoms with Gasteiger partial charge in [-0.3, -0.25) is 0 Å². The minimum absolute atomic E-state index is 0.410. The van der Waals surface area contributed by atoms with Gasteiger partial charge in [-0.2, -0.15) is 11.3 Å². The summed E-state index contributed by atoms with van der Waals surface area (Å²) in [6, 6.07) is 9.77. The van der Waals surface area contributed by atoms with Gasteiger partial charge in [-0.1, -0.05) is 24.4 Å². The summed E-state index contributed by atoms with van der Waals surface area (Å²) in [4.78, 5) is 0.410. The second-order valence-corrected chi connectivity index (χ2v) is 4.27. The maximum absolute atomic E-state index is 5.64. The number of nitrogens with two attached hydrogens (primary N) is 1. The van der Waals surface area contributed by atoms with E-state index < -0.39 is 0 Å². The molecule has 0 aliphatic rings. The topological polar surface area (TPSA) is 38.0 Å². The van der Waals surface area contributed by atoms with Crippen molar-refractivity contribution in [3.05, 3.63) is 46.7 Å². The lowest BCUT2D eigenvalue weighted by atomic mass is 10.2. The highest BCUT2D eigenvalue weighted by Crippen LogP contribution is 2.22. The Morgan fingerprint density at radius 3 is 2.73 bits per heavy atom. The van der Waals surface area contributed by atoms with E-state index in [1.807, 2.05) is 41.1 Å². The Kier molecular flexibility index (Phi) is 2.99. The summed E-state index contributed by atoms with van der Waals surface area (Å²) >= 11 is 6.63. The van der Waals surface area contributed by atoms with Crippen molar-refractivity contribution in [3.63, 3.8) is 0 Å². The number of nitrogens with one attached hydrogen (secondary N) is 1. The Morgan fingerprint density at radius 2 is 2.07 bits per heavy atom. The molecule has 0 aliphatic carbocycles. The normalized spacial score (nSPS) is 9.87. The molecule has 3 N–H and O–H groups in total. The second kappa shape index (κ2) is 4.42. The summed E-state index contributed by atoms with van der Waals surface area (Å²) in [7, 11) is 0. The Hall–Kier alpha value is -1.39. The standard InChI is InChI=1S/C11H10N2S2/c12-11(14)9-3-1-2-4-10(9)13-8-5-6-15-7-8/h1-7,13H,(H2,12,14). The van der Waals surface area contributed by atoms with Crippen LogP contribution in [0, 0.1) is 0 Å². The molecule has 0 unspecified atom stereocenters. The van der Waals surface area contributed by atoms with Gasteiger partial charge in [-0.25, -0.2) is 0 Å². The van der Waals surface area contributed by atoms with E-state index in [-0.39, 0.29) is 0 Å². The van der Waals surface area contributed by atoms with Gasteiger partial charge < -0.3 is 11.1 Å². The van der Waals surface area contributed by atoms with Crippen LogP contribution in [0.1, 0.15) is 5.56 Å². The van der Waals surface area contributed by atoms with Crippen LogP contribution < -0.4 is 11.1 Å².